The van der Waals surface area contributed by atoms with Crippen LogP contribution in [0.3, 0.4) is 0 Å². The zero-order valence-electron chi connectivity index (χ0n) is 15.7. The number of pyridine rings is 1. The Morgan fingerprint density at radius 2 is 1.70 bits per heavy atom. The monoisotopic (exact) mass is 386 g/mol. The zero-order chi connectivity index (χ0) is 19.8. The minimum Gasteiger partial charge on any atom is -0.497 e. The number of sulfonamides is 1. The van der Waals surface area contributed by atoms with Gasteiger partial charge in [-0.25, -0.2) is 13.1 Å². The van der Waals surface area contributed by atoms with Gasteiger partial charge in [-0.1, -0.05) is 18.2 Å². The van der Waals surface area contributed by atoms with E-state index in [0.717, 1.165) is 16.5 Å². The second-order valence-corrected chi connectivity index (χ2v) is 8.28. The number of fused-ring (bicyclic) bond motifs is 1. The molecule has 2 aromatic carbocycles. The van der Waals surface area contributed by atoms with E-state index in [1.54, 1.807) is 32.0 Å². The van der Waals surface area contributed by atoms with Crippen LogP contribution in [0.2, 0.25) is 0 Å². The fourth-order valence-corrected chi connectivity index (χ4v) is 4.71. The molecule has 0 unspecified atom stereocenters. The number of ether oxygens (including phenoxy) is 1. The van der Waals surface area contributed by atoms with Crippen molar-refractivity contribution in [3.63, 3.8) is 0 Å². The molecular formula is C20H22N2O4S. The molecule has 0 aliphatic carbocycles. The lowest BCUT2D eigenvalue weighted by Crippen LogP contribution is -2.28. The Balaban J connectivity index is 1.94. The lowest BCUT2D eigenvalue weighted by Gasteiger charge is -2.14. The zero-order valence-corrected chi connectivity index (χ0v) is 16.5. The summed E-state index contributed by atoms with van der Waals surface area (Å²) in [6, 6.07) is 10.8. The summed E-state index contributed by atoms with van der Waals surface area (Å²) in [6.07, 6.45) is 0. The summed E-state index contributed by atoms with van der Waals surface area (Å²) in [5.74, 6) is 0.602. The van der Waals surface area contributed by atoms with Crippen LogP contribution in [-0.2, 0) is 16.6 Å². The first-order chi connectivity index (χ1) is 12.7. The first kappa shape index (κ1) is 19.1. The van der Waals surface area contributed by atoms with Crippen LogP contribution in [0.25, 0.3) is 10.9 Å². The summed E-state index contributed by atoms with van der Waals surface area (Å²) in [7, 11) is -2.25. The molecule has 2 N–H and O–H groups in total. The first-order valence-corrected chi connectivity index (χ1v) is 9.97. The third kappa shape index (κ3) is 3.74. The van der Waals surface area contributed by atoms with Crippen molar-refractivity contribution in [2.24, 2.45) is 0 Å². The van der Waals surface area contributed by atoms with Crippen LogP contribution in [-0.4, -0.2) is 20.5 Å². The summed E-state index contributed by atoms with van der Waals surface area (Å²) in [5, 5.41) is 0.862. The van der Waals surface area contributed by atoms with E-state index in [9.17, 15) is 13.2 Å². The molecule has 0 aliphatic rings. The first-order valence-electron chi connectivity index (χ1n) is 8.49. The number of hydrogen-bond acceptors (Lipinski definition) is 4. The van der Waals surface area contributed by atoms with Crippen LogP contribution in [0.4, 0.5) is 0 Å². The molecule has 0 aliphatic heterocycles. The van der Waals surface area contributed by atoms with Crippen LogP contribution in [0.1, 0.15) is 22.3 Å². The normalized spacial score (nSPS) is 11.7. The molecule has 0 radical (unpaired) electrons. The van der Waals surface area contributed by atoms with Crippen molar-refractivity contribution >= 4 is 20.9 Å². The van der Waals surface area contributed by atoms with Gasteiger partial charge in [0.1, 0.15) is 5.75 Å². The Hall–Kier alpha value is -2.64. The number of methoxy groups -OCH3 is 1. The summed E-state index contributed by atoms with van der Waals surface area (Å²) in [4.78, 5) is 15.4. The van der Waals surface area contributed by atoms with Gasteiger partial charge in [0, 0.05) is 12.1 Å². The van der Waals surface area contributed by atoms with Gasteiger partial charge in [-0.05, 0) is 61.0 Å². The molecule has 0 saturated heterocycles. The highest BCUT2D eigenvalue weighted by atomic mass is 32.2. The van der Waals surface area contributed by atoms with Crippen molar-refractivity contribution in [1.82, 2.24) is 9.71 Å². The highest BCUT2D eigenvalue weighted by Gasteiger charge is 2.21. The topological polar surface area (TPSA) is 88.3 Å². The Morgan fingerprint density at radius 1 is 1.04 bits per heavy atom. The van der Waals surface area contributed by atoms with E-state index >= 15 is 0 Å². The Kier molecular flexibility index (Phi) is 5.08. The predicted molar refractivity (Wildman–Crippen MR) is 106 cm³/mol. The summed E-state index contributed by atoms with van der Waals surface area (Å²) >= 11 is 0. The third-order valence-corrected chi connectivity index (χ3v) is 6.26. The molecule has 27 heavy (non-hydrogen) atoms. The minimum atomic E-state index is -3.78. The molecule has 3 rings (SSSR count). The van der Waals surface area contributed by atoms with Gasteiger partial charge in [-0.2, -0.15) is 0 Å². The molecule has 1 aromatic heterocycles. The van der Waals surface area contributed by atoms with Crippen molar-refractivity contribution in [1.29, 1.82) is 0 Å². The second-order valence-electron chi connectivity index (χ2n) is 6.58. The van der Waals surface area contributed by atoms with Crippen LogP contribution < -0.4 is 15.0 Å². The van der Waals surface area contributed by atoms with E-state index in [1.807, 2.05) is 25.1 Å². The van der Waals surface area contributed by atoms with Crippen LogP contribution >= 0.6 is 0 Å². The van der Waals surface area contributed by atoms with Crippen molar-refractivity contribution in [2.45, 2.75) is 32.2 Å². The molecular weight excluding hydrogens is 364 g/mol. The molecule has 0 bridgehead atoms. The van der Waals surface area contributed by atoms with Crippen molar-refractivity contribution < 1.29 is 13.2 Å². The van der Waals surface area contributed by atoms with E-state index < -0.39 is 10.0 Å². The number of para-hydroxylation sites is 1. The van der Waals surface area contributed by atoms with Gasteiger partial charge >= 0.3 is 0 Å². The van der Waals surface area contributed by atoms with Crippen molar-refractivity contribution in [3.8, 4) is 5.75 Å². The maximum atomic E-state index is 12.8. The highest BCUT2D eigenvalue weighted by Crippen LogP contribution is 2.25. The van der Waals surface area contributed by atoms with E-state index in [2.05, 4.69) is 9.71 Å². The number of nitrogens with one attached hydrogen (secondary N) is 2. The Labute approximate surface area is 158 Å². The number of aromatic amines is 1. The molecule has 0 amide bonds. The van der Waals surface area contributed by atoms with Gasteiger partial charge in [-0.15, -0.1) is 0 Å². The molecule has 3 aromatic rings. The summed E-state index contributed by atoms with van der Waals surface area (Å²) in [6.45, 7) is 5.26. The summed E-state index contributed by atoms with van der Waals surface area (Å²) < 4.78 is 33.3. The quantitative estimate of drug-likeness (QED) is 0.706. The maximum absolute atomic E-state index is 12.8. The number of benzene rings is 2. The average molecular weight is 386 g/mol. The van der Waals surface area contributed by atoms with E-state index in [4.69, 9.17) is 4.74 Å². The molecule has 0 saturated carbocycles. The molecule has 0 spiro atoms. The predicted octanol–water partition coefficient (Wildman–Crippen LogP) is 2.94. The van der Waals surface area contributed by atoms with Gasteiger partial charge in [-0.3, -0.25) is 4.79 Å². The maximum Gasteiger partial charge on any atom is 0.252 e. The van der Waals surface area contributed by atoms with Gasteiger partial charge in [0.05, 0.1) is 17.5 Å². The lowest BCUT2D eigenvalue weighted by atomic mass is 10.1. The number of aromatic nitrogens is 1. The Bertz CT molecular complexity index is 1160. The van der Waals surface area contributed by atoms with E-state index in [0.29, 0.717) is 22.4 Å². The smallest absolute Gasteiger partial charge is 0.252 e. The number of hydrogen-bond donors (Lipinski definition) is 2. The lowest BCUT2D eigenvalue weighted by molar-refractivity contribution is 0.413. The van der Waals surface area contributed by atoms with Crippen LogP contribution in [0, 0.1) is 20.8 Å². The molecule has 1 heterocycles. The number of rotatable bonds is 5. The molecule has 6 nitrogen and oxygen atoms in total. The number of H-pyrrole nitrogens is 1. The van der Waals surface area contributed by atoms with Crippen molar-refractivity contribution in [3.05, 3.63) is 69.0 Å². The van der Waals surface area contributed by atoms with E-state index in [1.165, 1.54) is 7.11 Å². The third-order valence-electron chi connectivity index (χ3n) is 4.56. The summed E-state index contributed by atoms with van der Waals surface area (Å²) in [5.41, 5.74) is 2.95. The molecule has 0 atom stereocenters. The van der Waals surface area contributed by atoms with Crippen molar-refractivity contribution in [2.75, 3.05) is 7.11 Å². The van der Waals surface area contributed by atoms with Gasteiger partial charge < -0.3 is 9.72 Å². The largest absolute Gasteiger partial charge is 0.497 e. The van der Waals surface area contributed by atoms with Gasteiger partial charge in [0.25, 0.3) is 5.56 Å². The van der Waals surface area contributed by atoms with Gasteiger partial charge in [0.15, 0.2) is 0 Å². The Morgan fingerprint density at radius 3 is 2.33 bits per heavy atom. The second kappa shape index (κ2) is 7.17. The molecule has 142 valence electrons. The van der Waals surface area contributed by atoms with E-state index in [-0.39, 0.29) is 17.0 Å². The number of aryl methyl sites for hydroxylation is 3. The van der Waals surface area contributed by atoms with Crippen LogP contribution in [0.5, 0.6) is 5.75 Å². The SMILES string of the molecule is COc1cc(C)c(S(=O)(=O)NCc2cc3cccc(C)c3[nH]c2=O)c(C)c1. The average Bonchev–Trinajstić information content (AvgIpc) is 2.60. The van der Waals surface area contributed by atoms with Crippen LogP contribution in [0.15, 0.2) is 46.1 Å². The fourth-order valence-electron chi connectivity index (χ4n) is 3.26. The fraction of sp³-hybridized carbons (Fsp3) is 0.250. The van der Waals surface area contributed by atoms with Gasteiger partial charge in [0.2, 0.25) is 10.0 Å². The minimum absolute atomic E-state index is 0.0908. The highest BCUT2D eigenvalue weighted by molar-refractivity contribution is 7.89. The molecule has 7 heteroatoms. The molecule has 0 fully saturated rings. The standard InChI is InChI=1S/C20H22N2O4S/c1-12-6-5-7-15-10-16(20(23)22-18(12)15)11-21-27(24,25)19-13(2)8-17(26-4)9-14(19)3/h5-10,21H,11H2,1-4H3,(H,22,23).